The molecule has 3 aromatic carbocycles. The highest BCUT2D eigenvalue weighted by molar-refractivity contribution is 5.54. The van der Waals surface area contributed by atoms with Gasteiger partial charge in [-0.15, -0.1) is 0 Å². The van der Waals surface area contributed by atoms with Gasteiger partial charge in [0, 0.05) is 55.1 Å². The lowest BCUT2D eigenvalue weighted by molar-refractivity contribution is -0.0206. The number of aliphatic hydroxyl groups excluding tert-OH is 1. The van der Waals surface area contributed by atoms with E-state index in [1.165, 1.54) is 34.0 Å². The monoisotopic (exact) mass is 700 g/mol. The topological polar surface area (TPSA) is 116 Å². The molecule has 2 fully saturated rings. The highest BCUT2D eigenvalue weighted by Crippen LogP contribution is 2.42. The van der Waals surface area contributed by atoms with Crippen LogP contribution in [0.5, 0.6) is 5.75 Å². The van der Waals surface area contributed by atoms with Crippen molar-refractivity contribution >= 4 is 11.4 Å². The molecule has 2 aliphatic rings. The normalized spacial score (nSPS) is 20.5. The fourth-order valence-electron chi connectivity index (χ4n) is 7.24. The zero-order valence-corrected chi connectivity index (χ0v) is 28.7. The van der Waals surface area contributed by atoms with E-state index in [0.717, 1.165) is 55.1 Å². The lowest BCUT2D eigenvalue weighted by Gasteiger charge is -2.37. The summed E-state index contributed by atoms with van der Waals surface area (Å²) in [7, 11) is 0. The summed E-state index contributed by atoms with van der Waals surface area (Å²) < 4.78 is 45.6. The number of nitrogens with zero attached hydrogens (tertiary/aromatic N) is 8. The average Bonchev–Trinajstić information content (AvgIpc) is 3.90. The number of aliphatic hydroxyl groups is 1. The molecule has 2 saturated heterocycles. The van der Waals surface area contributed by atoms with Gasteiger partial charge in [-0.2, -0.15) is 10.2 Å². The molecule has 0 radical (unpaired) electrons. The van der Waals surface area contributed by atoms with Gasteiger partial charge in [-0.25, -0.2) is 32.5 Å². The van der Waals surface area contributed by atoms with E-state index in [1.54, 1.807) is 17.9 Å². The summed E-state index contributed by atoms with van der Waals surface area (Å²) >= 11 is 0. The van der Waals surface area contributed by atoms with E-state index in [1.807, 2.05) is 43.3 Å². The summed E-state index contributed by atoms with van der Waals surface area (Å²) in [4.78, 5) is 21.7. The van der Waals surface area contributed by atoms with Crippen molar-refractivity contribution in [2.75, 3.05) is 49.2 Å². The first-order chi connectivity index (χ1) is 24.7. The van der Waals surface area contributed by atoms with Gasteiger partial charge in [-0.1, -0.05) is 13.0 Å². The number of hydrogen-bond donors (Lipinski definition) is 1. The minimum atomic E-state index is -1.02. The van der Waals surface area contributed by atoms with Crippen LogP contribution in [0.15, 0.2) is 90.5 Å². The highest BCUT2D eigenvalue weighted by atomic mass is 19.1. The number of piperazine rings is 1. The third-order valence-electron chi connectivity index (χ3n) is 9.96. The number of aromatic nitrogens is 6. The van der Waals surface area contributed by atoms with E-state index in [2.05, 4.69) is 37.1 Å². The van der Waals surface area contributed by atoms with Gasteiger partial charge < -0.3 is 24.4 Å². The van der Waals surface area contributed by atoms with Crippen molar-refractivity contribution in [3.63, 3.8) is 0 Å². The quantitative estimate of drug-likeness (QED) is 0.200. The second kappa shape index (κ2) is 14.6. The zero-order chi connectivity index (χ0) is 35.5. The van der Waals surface area contributed by atoms with Crippen LogP contribution in [0.25, 0.3) is 5.69 Å². The van der Waals surface area contributed by atoms with Gasteiger partial charge in [-0.05, 0) is 74.4 Å². The van der Waals surface area contributed by atoms with E-state index in [9.17, 15) is 18.7 Å². The Balaban J connectivity index is 0.923. The van der Waals surface area contributed by atoms with Crippen LogP contribution in [0, 0.1) is 17.6 Å². The molecular formula is C37H42F2N8O4. The third kappa shape index (κ3) is 7.24. The molecule has 0 saturated carbocycles. The predicted molar refractivity (Wildman–Crippen MR) is 187 cm³/mol. The molecule has 14 heteroatoms. The minimum absolute atomic E-state index is 0.0121. The summed E-state index contributed by atoms with van der Waals surface area (Å²) in [6.45, 7) is 7.97. The van der Waals surface area contributed by atoms with E-state index >= 15 is 0 Å². The summed E-state index contributed by atoms with van der Waals surface area (Å²) in [6.07, 6.45) is 4.88. The van der Waals surface area contributed by atoms with Gasteiger partial charge >= 0.3 is 5.69 Å². The van der Waals surface area contributed by atoms with Crippen LogP contribution in [-0.2, 0) is 16.9 Å². The van der Waals surface area contributed by atoms with Crippen molar-refractivity contribution in [2.45, 2.75) is 51.0 Å². The van der Waals surface area contributed by atoms with Crippen LogP contribution in [0.2, 0.25) is 0 Å². The molecule has 51 heavy (non-hydrogen) atoms. The maximum Gasteiger partial charge on any atom is 0.350 e. The van der Waals surface area contributed by atoms with E-state index in [4.69, 9.17) is 9.47 Å². The van der Waals surface area contributed by atoms with Gasteiger partial charge in [0.15, 0.2) is 0 Å². The Labute approximate surface area is 294 Å². The molecule has 2 aromatic heterocycles. The number of halogens is 2. The van der Waals surface area contributed by atoms with E-state index < -0.39 is 23.3 Å². The van der Waals surface area contributed by atoms with Crippen LogP contribution in [0.4, 0.5) is 20.2 Å². The van der Waals surface area contributed by atoms with Crippen LogP contribution in [-0.4, -0.2) is 79.7 Å². The smallest absolute Gasteiger partial charge is 0.350 e. The van der Waals surface area contributed by atoms with Gasteiger partial charge in [0.1, 0.15) is 42.0 Å². The van der Waals surface area contributed by atoms with Crippen LogP contribution in [0.1, 0.15) is 38.3 Å². The molecule has 0 amide bonds. The molecule has 4 heterocycles. The number of benzene rings is 3. The predicted octanol–water partition coefficient (Wildman–Crippen LogP) is 4.57. The van der Waals surface area contributed by atoms with Crippen molar-refractivity contribution in [2.24, 2.45) is 5.92 Å². The Bertz CT molecular complexity index is 1960. The van der Waals surface area contributed by atoms with E-state index in [0.29, 0.717) is 31.6 Å². The maximum atomic E-state index is 15.0. The lowest BCUT2D eigenvalue weighted by Crippen LogP contribution is -2.46. The standard InChI is InChI=1S/C37H42F2N8O4/c1-3-35(26(2)48)47-36(49)46(25-42-47)31-7-5-29(6-8-31)43-14-16-44(17-15-43)30-9-11-32(12-10-30)50-20-27-19-37(51-21-27,22-45-24-40-23-41-45)33-13-4-28(38)18-34(33)39/h4-13,18,23-27,35,48H,3,14-17,19-22H2,1-2H3/t26?,27?,35?,37-/m0/s1. The lowest BCUT2D eigenvalue weighted by atomic mass is 9.87. The fourth-order valence-corrected chi connectivity index (χ4v) is 7.24. The molecule has 0 aliphatic carbocycles. The van der Waals surface area contributed by atoms with Crippen molar-refractivity contribution in [1.29, 1.82) is 0 Å². The minimum Gasteiger partial charge on any atom is -0.493 e. The fraction of sp³-hybridized carbons (Fsp3) is 0.405. The molecular weight excluding hydrogens is 658 g/mol. The van der Waals surface area contributed by atoms with Gasteiger partial charge in [-0.3, -0.25) is 0 Å². The Kier molecular flexibility index (Phi) is 9.87. The second-order valence-corrected chi connectivity index (χ2v) is 13.3. The van der Waals surface area contributed by atoms with Crippen LogP contribution < -0.4 is 20.2 Å². The summed E-state index contributed by atoms with van der Waals surface area (Å²) in [5, 5.41) is 18.5. The third-order valence-corrected chi connectivity index (χ3v) is 9.96. The molecule has 7 rings (SSSR count). The molecule has 2 aliphatic heterocycles. The number of rotatable bonds is 12. The van der Waals surface area contributed by atoms with Gasteiger partial charge in [0.05, 0.1) is 37.6 Å². The van der Waals surface area contributed by atoms with Crippen molar-refractivity contribution in [3.05, 3.63) is 113 Å². The van der Waals surface area contributed by atoms with Crippen molar-refractivity contribution in [3.8, 4) is 11.4 Å². The number of hydrogen-bond acceptors (Lipinski definition) is 9. The SMILES string of the molecule is CCC(C(C)O)n1ncn(-c2ccc(N3CCN(c4ccc(OCC5CO[C@@](Cn6cncn6)(c6ccc(F)cc6F)C5)cc4)CC3)cc2)c1=O. The van der Waals surface area contributed by atoms with Crippen LogP contribution >= 0.6 is 0 Å². The average molecular weight is 701 g/mol. The molecule has 12 nitrogen and oxygen atoms in total. The zero-order valence-electron chi connectivity index (χ0n) is 28.7. The Morgan fingerprint density at radius 3 is 2.22 bits per heavy atom. The molecule has 1 N–H and O–H groups in total. The summed E-state index contributed by atoms with van der Waals surface area (Å²) in [5.74, 6) is -0.563. The summed E-state index contributed by atoms with van der Waals surface area (Å²) in [6, 6.07) is 19.2. The molecule has 0 spiro atoms. The first kappa shape index (κ1) is 34.4. The molecule has 5 aromatic rings. The largest absolute Gasteiger partial charge is 0.493 e. The van der Waals surface area contributed by atoms with Gasteiger partial charge in [0.25, 0.3) is 0 Å². The number of ether oxygens (including phenoxy) is 2. The van der Waals surface area contributed by atoms with Gasteiger partial charge in [0.2, 0.25) is 0 Å². The first-order valence-electron chi connectivity index (χ1n) is 17.3. The number of anilines is 2. The van der Waals surface area contributed by atoms with E-state index in [-0.39, 0.29) is 24.2 Å². The molecule has 268 valence electrons. The highest BCUT2D eigenvalue weighted by Gasteiger charge is 2.44. The summed E-state index contributed by atoms with van der Waals surface area (Å²) in [5.41, 5.74) is 1.93. The molecule has 0 bridgehead atoms. The Hall–Kier alpha value is -5.08. The van der Waals surface area contributed by atoms with Crippen molar-refractivity contribution < 1.29 is 23.4 Å². The molecule has 4 atom stereocenters. The second-order valence-electron chi connectivity index (χ2n) is 13.3. The Morgan fingerprint density at radius 2 is 1.61 bits per heavy atom. The van der Waals surface area contributed by atoms with Crippen LogP contribution in [0.3, 0.4) is 0 Å². The molecule has 3 unspecified atom stereocenters. The van der Waals surface area contributed by atoms with Crippen molar-refractivity contribution in [1.82, 2.24) is 29.1 Å². The maximum absolute atomic E-state index is 15.0. The first-order valence-corrected chi connectivity index (χ1v) is 17.3. The Morgan fingerprint density at radius 1 is 0.941 bits per heavy atom.